The summed E-state index contributed by atoms with van der Waals surface area (Å²) >= 11 is 3.07. The molecule has 266 valence electrons. The Labute approximate surface area is 311 Å². The Bertz CT molecular complexity index is 1770. The number of benzene rings is 3. The van der Waals surface area contributed by atoms with Crippen LogP contribution >= 0.6 is 23.7 Å². The molecule has 1 atom stereocenters. The number of allylic oxidation sites excluding steroid dienone is 3. The zero-order valence-electron chi connectivity index (χ0n) is 29.5. The van der Waals surface area contributed by atoms with E-state index in [1.54, 1.807) is 18.0 Å². The van der Waals surface area contributed by atoms with Gasteiger partial charge in [-0.25, -0.2) is 0 Å². The number of amides is 1. The number of carbonyl (C=O) groups excluding carboxylic acids is 1. The molecular formula is C41H48N6O2S2. The van der Waals surface area contributed by atoms with Crippen molar-refractivity contribution in [2.24, 2.45) is 0 Å². The Morgan fingerprint density at radius 3 is 2.53 bits per heavy atom. The van der Waals surface area contributed by atoms with E-state index in [0.29, 0.717) is 17.9 Å². The maximum atomic E-state index is 13.0. The van der Waals surface area contributed by atoms with Crippen molar-refractivity contribution in [2.45, 2.75) is 36.1 Å². The molecule has 51 heavy (non-hydrogen) atoms. The standard InChI is InChI=1S/C41H48N6O2S2/c1-4-10-33(12-9-11-32-27-36(49-5-2)30-43-29-32)31(3)46-22-24-47(25-23-46)35-17-15-34(16-18-35)41(48)45-51-38-19-20-40(39(42)28-38)44-21-26-50-37-13-7-6-8-14-37/h4,6-10,12-20,27-31,44H,1,5,11,21-26,42H2,2-3H3,(H,45,48)/b12-9-,33-10+. The highest BCUT2D eigenvalue weighted by Crippen LogP contribution is 2.26. The summed E-state index contributed by atoms with van der Waals surface area (Å²) in [6.45, 7) is 13.3. The molecule has 0 radical (unpaired) electrons. The van der Waals surface area contributed by atoms with E-state index in [1.165, 1.54) is 22.4 Å². The van der Waals surface area contributed by atoms with Crippen molar-refractivity contribution in [2.75, 3.05) is 61.0 Å². The van der Waals surface area contributed by atoms with Crippen LogP contribution in [0.5, 0.6) is 5.75 Å². The van der Waals surface area contributed by atoms with E-state index < -0.39 is 0 Å². The molecule has 4 N–H and O–H groups in total. The van der Waals surface area contributed by atoms with Gasteiger partial charge in [0.25, 0.3) is 5.91 Å². The van der Waals surface area contributed by atoms with Crippen molar-refractivity contribution in [1.82, 2.24) is 14.6 Å². The van der Waals surface area contributed by atoms with Gasteiger partial charge in [0.1, 0.15) is 5.75 Å². The second-order valence-electron chi connectivity index (χ2n) is 12.1. The van der Waals surface area contributed by atoms with Crippen LogP contribution in [0.3, 0.4) is 0 Å². The smallest absolute Gasteiger partial charge is 0.261 e. The Morgan fingerprint density at radius 1 is 1.02 bits per heavy atom. The molecule has 0 aliphatic carbocycles. The molecule has 1 aliphatic heterocycles. The third kappa shape index (κ3) is 11.4. The number of nitrogens with zero attached hydrogens (tertiary/aromatic N) is 3. The molecule has 1 aliphatic rings. The van der Waals surface area contributed by atoms with E-state index in [9.17, 15) is 4.79 Å². The molecule has 4 aromatic rings. The average Bonchev–Trinajstić information content (AvgIpc) is 3.16. The van der Waals surface area contributed by atoms with E-state index in [0.717, 1.165) is 72.5 Å². The Balaban J connectivity index is 1.05. The molecule has 10 heteroatoms. The molecule has 1 fully saturated rings. The Kier molecular flexibility index (Phi) is 14.5. The molecule has 2 heterocycles. The monoisotopic (exact) mass is 720 g/mol. The van der Waals surface area contributed by atoms with Crippen molar-refractivity contribution in [1.29, 1.82) is 0 Å². The molecule has 0 saturated carbocycles. The van der Waals surface area contributed by atoms with Crippen LogP contribution in [-0.4, -0.2) is 66.9 Å². The fourth-order valence-electron chi connectivity index (χ4n) is 5.82. The summed E-state index contributed by atoms with van der Waals surface area (Å²) in [5.41, 5.74) is 11.9. The predicted octanol–water partition coefficient (Wildman–Crippen LogP) is 8.13. The van der Waals surface area contributed by atoms with Crippen LogP contribution in [0.4, 0.5) is 17.1 Å². The number of thioether (sulfide) groups is 1. The van der Waals surface area contributed by atoms with Crippen LogP contribution in [-0.2, 0) is 6.42 Å². The van der Waals surface area contributed by atoms with Gasteiger partial charge >= 0.3 is 0 Å². The molecular weight excluding hydrogens is 673 g/mol. The van der Waals surface area contributed by atoms with Crippen LogP contribution in [0, 0.1) is 0 Å². The van der Waals surface area contributed by atoms with Gasteiger partial charge in [0.15, 0.2) is 0 Å². The SMILES string of the molecule is C=C/C=C(\C=C/Cc1cncc(OCC)c1)C(C)N1CCN(c2ccc(C(=O)NSc3ccc(NCCSc4ccccc4)c(N)c3)cc2)CC1. The topological polar surface area (TPSA) is 95.8 Å². The lowest BCUT2D eigenvalue weighted by Gasteiger charge is -2.39. The van der Waals surface area contributed by atoms with Crippen molar-refractivity contribution < 1.29 is 9.53 Å². The fourth-order valence-corrected chi connectivity index (χ4v) is 7.26. The van der Waals surface area contributed by atoms with E-state index in [1.807, 2.05) is 85.9 Å². The summed E-state index contributed by atoms with van der Waals surface area (Å²) in [6.07, 6.45) is 12.8. The molecule has 8 nitrogen and oxygen atoms in total. The first-order chi connectivity index (χ1) is 24.9. The Hall–Kier alpha value is -4.64. The second kappa shape index (κ2) is 19.7. The maximum absolute atomic E-state index is 13.0. The predicted molar refractivity (Wildman–Crippen MR) is 216 cm³/mol. The summed E-state index contributed by atoms with van der Waals surface area (Å²) in [5.74, 6) is 1.59. The van der Waals surface area contributed by atoms with E-state index in [-0.39, 0.29) is 11.9 Å². The van der Waals surface area contributed by atoms with E-state index in [4.69, 9.17) is 10.5 Å². The number of hydrogen-bond acceptors (Lipinski definition) is 9. The van der Waals surface area contributed by atoms with Gasteiger partial charge in [0.2, 0.25) is 0 Å². The third-order valence-corrected chi connectivity index (χ3v) is 10.4. The van der Waals surface area contributed by atoms with Gasteiger partial charge < -0.3 is 20.7 Å². The number of piperazine rings is 1. The van der Waals surface area contributed by atoms with Crippen LogP contribution in [0.2, 0.25) is 0 Å². The van der Waals surface area contributed by atoms with Crippen LogP contribution < -0.4 is 25.4 Å². The van der Waals surface area contributed by atoms with Crippen LogP contribution in [0.15, 0.2) is 138 Å². The number of carbonyl (C=O) groups is 1. The largest absolute Gasteiger partial charge is 0.492 e. The summed E-state index contributed by atoms with van der Waals surface area (Å²) < 4.78 is 8.54. The van der Waals surface area contributed by atoms with Crippen molar-refractivity contribution >= 4 is 46.7 Å². The summed E-state index contributed by atoms with van der Waals surface area (Å²) in [6, 6.07) is 26.3. The maximum Gasteiger partial charge on any atom is 0.261 e. The first kappa shape index (κ1) is 37.6. The minimum Gasteiger partial charge on any atom is -0.492 e. The highest BCUT2D eigenvalue weighted by atomic mass is 32.2. The van der Waals surface area contributed by atoms with Crippen molar-refractivity contribution in [3.63, 3.8) is 0 Å². The number of ether oxygens (including phenoxy) is 1. The number of pyridine rings is 1. The quantitative estimate of drug-likeness (QED) is 0.0329. The molecule has 1 unspecified atom stereocenters. The van der Waals surface area contributed by atoms with Gasteiger partial charge in [0.05, 0.1) is 24.2 Å². The summed E-state index contributed by atoms with van der Waals surface area (Å²) in [4.78, 5) is 24.3. The van der Waals surface area contributed by atoms with Gasteiger partial charge in [-0.3, -0.25) is 19.4 Å². The minimum absolute atomic E-state index is 0.142. The molecule has 3 aromatic carbocycles. The lowest BCUT2D eigenvalue weighted by molar-refractivity contribution is 0.0984. The number of rotatable bonds is 17. The summed E-state index contributed by atoms with van der Waals surface area (Å²) in [7, 11) is 0. The van der Waals surface area contributed by atoms with Crippen molar-refractivity contribution in [3.05, 3.63) is 139 Å². The fraction of sp³-hybridized carbons (Fsp3) is 0.268. The summed E-state index contributed by atoms with van der Waals surface area (Å²) in [5, 5.41) is 3.41. The number of nitrogens with one attached hydrogen (secondary N) is 2. The van der Waals surface area contributed by atoms with Gasteiger partial charge in [-0.2, -0.15) is 0 Å². The zero-order chi connectivity index (χ0) is 35.8. The Morgan fingerprint density at radius 2 is 1.80 bits per heavy atom. The first-order valence-electron chi connectivity index (χ1n) is 17.4. The average molecular weight is 721 g/mol. The molecule has 1 amide bonds. The normalized spacial score (nSPS) is 14.3. The molecule has 1 saturated heterocycles. The van der Waals surface area contributed by atoms with Gasteiger partial charge in [-0.1, -0.05) is 49.1 Å². The minimum atomic E-state index is -0.142. The van der Waals surface area contributed by atoms with Crippen LogP contribution in [0.25, 0.3) is 0 Å². The number of anilines is 3. The number of aromatic nitrogens is 1. The molecule has 1 aromatic heterocycles. The van der Waals surface area contributed by atoms with E-state index >= 15 is 0 Å². The highest BCUT2D eigenvalue weighted by Gasteiger charge is 2.23. The van der Waals surface area contributed by atoms with Gasteiger partial charge in [-0.15, -0.1) is 11.8 Å². The van der Waals surface area contributed by atoms with Gasteiger partial charge in [-0.05, 0) is 104 Å². The van der Waals surface area contributed by atoms with Crippen LogP contribution in [0.1, 0.15) is 29.8 Å². The first-order valence-corrected chi connectivity index (χ1v) is 19.2. The molecule has 5 rings (SSSR count). The second-order valence-corrected chi connectivity index (χ2v) is 14.1. The molecule has 0 bridgehead atoms. The van der Waals surface area contributed by atoms with Gasteiger partial charge in [0, 0.05) is 71.8 Å². The van der Waals surface area contributed by atoms with Crippen molar-refractivity contribution in [3.8, 4) is 5.75 Å². The number of nitrogens with two attached hydrogens (primary N) is 1. The third-order valence-electron chi connectivity index (χ3n) is 8.61. The lowest BCUT2D eigenvalue weighted by atomic mass is 10.0. The lowest BCUT2D eigenvalue weighted by Crippen LogP contribution is -2.50. The van der Waals surface area contributed by atoms with E-state index in [2.05, 4.69) is 68.7 Å². The molecule has 0 spiro atoms. The number of nitrogen functional groups attached to an aromatic ring is 1. The number of hydrogen-bond donors (Lipinski definition) is 3. The highest BCUT2D eigenvalue weighted by molar-refractivity contribution is 7.99. The zero-order valence-corrected chi connectivity index (χ0v) is 31.1.